The molecule has 1 aliphatic heterocycles. The molecule has 0 bridgehead atoms. The molecular formula is C19H31ClN2O3. The molecule has 1 aliphatic rings. The van der Waals surface area contributed by atoms with Crippen molar-refractivity contribution in [3.05, 3.63) is 29.3 Å². The van der Waals surface area contributed by atoms with Gasteiger partial charge in [-0.05, 0) is 62.9 Å². The van der Waals surface area contributed by atoms with E-state index in [4.69, 9.17) is 15.2 Å². The van der Waals surface area contributed by atoms with Gasteiger partial charge in [0.05, 0.1) is 19.1 Å². The Balaban J connectivity index is 0.00000312. The van der Waals surface area contributed by atoms with E-state index in [9.17, 15) is 4.79 Å². The molecule has 0 radical (unpaired) electrons. The largest absolute Gasteiger partial charge is 0.493 e. The van der Waals surface area contributed by atoms with Crippen molar-refractivity contribution in [3.8, 4) is 5.75 Å². The Morgan fingerprint density at radius 1 is 1.20 bits per heavy atom. The lowest BCUT2D eigenvalue weighted by molar-refractivity contribution is -0.134. The summed E-state index contributed by atoms with van der Waals surface area (Å²) in [5.74, 6) is 0.997. The summed E-state index contributed by atoms with van der Waals surface area (Å²) in [6.07, 6.45) is 3.41. The first-order valence-corrected chi connectivity index (χ1v) is 8.89. The summed E-state index contributed by atoms with van der Waals surface area (Å²) in [6, 6.07) is 6.02. The van der Waals surface area contributed by atoms with Crippen molar-refractivity contribution >= 4 is 18.3 Å². The third-order valence-corrected chi connectivity index (χ3v) is 4.56. The molecule has 0 atom stereocenters. The van der Waals surface area contributed by atoms with E-state index >= 15 is 0 Å². The van der Waals surface area contributed by atoms with E-state index in [1.165, 1.54) is 11.1 Å². The van der Waals surface area contributed by atoms with Crippen LogP contribution in [0, 0.1) is 13.8 Å². The van der Waals surface area contributed by atoms with Gasteiger partial charge in [0.1, 0.15) is 5.75 Å². The SMILES string of the molecule is Cc1ccc(OCCC(=O)N2CCC(OCCCN)CC2)cc1C.Cl. The highest BCUT2D eigenvalue weighted by Crippen LogP contribution is 2.17. The van der Waals surface area contributed by atoms with Gasteiger partial charge in [-0.3, -0.25) is 4.79 Å². The summed E-state index contributed by atoms with van der Waals surface area (Å²) in [5, 5.41) is 0. The topological polar surface area (TPSA) is 64.8 Å². The van der Waals surface area contributed by atoms with Gasteiger partial charge in [-0.15, -0.1) is 12.4 Å². The van der Waals surface area contributed by atoms with Crippen molar-refractivity contribution in [2.45, 2.75) is 45.6 Å². The molecule has 1 amide bonds. The van der Waals surface area contributed by atoms with Crippen LogP contribution in [-0.2, 0) is 9.53 Å². The highest BCUT2D eigenvalue weighted by atomic mass is 35.5. The Kier molecular flexibility index (Phi) is 9.86. The Morgan fingerprint density at radius 2 is 1.92 bits per heavy atom. The van der Waals surface area contributed by atoms with Crippen LogP contribution in [0.3, 0.4) is 0 Å². The van der Waals surface area contributed by atoms with Gasteiger partial charge in [-0.1, -0.05) is 6.07 Å². The average molecular weight is 371 g/mol. The number of ether oxygens (including phenoxy) is 2. The zero-order valence-electron chi connectivity index (χ0n) is 15.3. The van der Waals surface area contributed by atoms with Crippen LogP contribution >= 0.6 is 12.4 Å². The second kappa shape index (κ2) is 11.3. The Bertz CT molecular complexity index is 531. The van der Waals surface area contributed by atoms with Gasteiger partial charge < -0.3 is 20.1 Å². The van der Waals surface area contributed by atoms with E-state index in [0.717, 1.165) is 44.7 Å². The number of carbonyl (C=O) groups excluding carboxylic acids is 1. The zero-order chi connectivity index (χ0) is 17.4. The highest BCUT2D eigenvalue weighted by Gasteiger charge is 2.22. The summed E-state index contributed by atoms with van der Waals surface area (Å²) >= 11 is 0. The lowest BCUT2D eigenvalue weighted by atomic mass is 10.1. The quantitative estimate of drug-likeness (QED) is 0.714. The minimum atomic E-state index is 0. The van der Waals surface area contributed by atoms with Crippen LogP contribution < -0.4 is 10.5 Å². The van der Waals surface area contributed by atoms with Crippen LogP contribution in [-0.4, -0.2) is 49.8 Å². The Labute approximate surface area is 157 Å². The van der Waals surface area contributed by atoms with Gasteiger partial charge in [-0.2, -0.15) is 0 Å². The van der Waals surface area contributed by atoms with E-state index in [1.807, 2.05) is 23.1 Å². The number of carbonyl (C=O) groups is 1. The Morgan fingerprint density at radius 3 is 2.56 bits per heavy atom. The smallest absolute Gasteiger partial charge is 0.226 e. The zero-order valence-corrected chi connectivity index (χ0v) is 16.1. The average Bonchev–Trinajstić information content (AvgIpc) is 2.59. The minimum Gasteiger partial charge on any atom is -0.493 e. The predicted molar refractivity (Wildman–Crippen MR) is 103 cm³/mol. The number of benzene rings is 1. The van der Waals surface area contributed by atoms with Crippen LogP contribution in [0.4, 0.5) is 0 Å². The molecule has 25 heavy (non-hydrogen) atoms. The van der Waals surface area contributed by atoms with Crippen molar-refractivity contribution < 1.29 is 14.3 Å². The number of amides is 1. The molecule has 0 spiro atoms. The van der Waals surface area contributed by atoms with Crippen molar-refractivity contribution in [2.24, 2.45) is 5.73 Å². The number of aryl methyl sites for hydroxylation is 2. The summed E-state index contributed by atoms with van der Waals surface area (Å²) in [7, 11) is 0. The first kappa shape index (κ1) is 21.7. The van der Waals surface area contributed by atoms with Crippen LogP contribution in [0.25, 0.3) is 0 Å². The van der Waals surface area contributed by atoms with Gasteiger partial charge in [0, 0.05) is 19.7 Å². The Hall–Kier alpha value is -1.30. The molecule has 0 aliphatic carbocycles. The fraction of sp³-hybridized carbons (Fsp3) is 0.632. The van der Waals surface area contributed by atoms with Gasteiger partial charge >= 0.3 is 0 Å². The lowest BCUT2D eigenvalue weighted by Gasteiger charge is -2.32. The maximum atomic E-state index is 12.3. The first-order valence-electron chi connectivity index (χ1n) is 8.89. The van der Waals surface area contributed by atoms with Crippen molar-refractivity contribution in [3.63, 3.8) is 0 Å². The third kappa shape index (κ3) is 7.22. The second-order valence-electron chi connectivity index (χ2n) is 6.44. The van der Waals surface area contributed by atoms with E-state index in [-0.39, 0.29) is 24.4 Å². The number of halogens is 1. The number of piperidine rings is 1. The molecule has 1 heterocycles. The molecule has 0 unspecified atom stereocenters. The van der Waals surface area contributed by atoms with E-state index in [1.54, 1.807) is 0 Å². The standard InChI is InChI=1S/C19H30N2O3.ClH/c1-15-4-5-18(14-16(15)2)24-13-8-19(22)21-10-6-17(7-11-21)23-12-3-9-20;/h4-5,14,17H,3,6-13,20H2,1-2H3;1H. The molecule has 1 aromatic rings. The summed E-state index contributed by atoms with van der Waals surface area (Å²) in [4.78, 5) is 14.2. The number of likely N-dealkylation sites (tertiary alicyclic amines) is 1. The normalized spacial score (nSPS) is 14.9. The molecular weight excluding hydrogens is 340 g/mol. The molecule has 1 aromatic carbocycles. The van der Waals surface area contributed by atoms with Crippen LogP contribution in [0.1, 0.15) is 36.8 Å². The fourth-order valence-electron chi connectivity index (χ4n) is 2.82. The molecule has 0 saturated carbocycles. The minimum absolute atomic E-state index is 0. The number of nitrogens with two attached hydrogens (primary N) is 1. The van der Waals surface area contributed by atoms with Crippen molar-refractivity contribution in [2.75, 3.05) is 32.8 Å². The molecule has 6 heteroatoms. The van der Waals surface area contributed by atoms with E-state index < -0.39 is 0 Å². The predicted octanol–water partition coefficient (Wildman–Crippen LogP) is 2.85. The van der Waals surface area contributed by atoms with Gasteiger partial charge in [0.15, 0.2) is 0 Å². The highest BCUT2D eigenvalue weighted by molar-refractivity contribution is 5.85. The first-order chi connectivity index (χ1) is 11.6. The summed E-state index contributed by atoms with van der Waals surface area (Å²) < 4.78 is 11.5. The summed E-state index contributed by atoms with van der Waals surface area (Å²) in [6.45, 7) is 7.50. The maximum Gasteiger partial charge on any atom is 0.226 e. The molecule has 2 rings (SSSR count). The summed E-state index contributed by atoms with van der Waals surface area (Å²) in [5.41, 5.74) is 7.91. The van der Waals surface area contributed by atoms with Gasteiger partial charge in [0.2, 0.25) is 5.91 Å². The van der Waals surface area contributed by atoms with Crippen LogP contribution in [0.15, 0.2) is 18.2 Å². The van der Waals surface area contributed by atoms with E-state index in [2.05, 4.69) is 13.8 Å². The third-order valence-electron chi connectivity index (χ3n) is 4.56. The lowest BCUT2D eigenvalue weighted by Crippen LogP contribution is -2.41. The van der Waals surface area contributed by atoms with Crippen LogP contribution in [0.2, 0.25) is 0 Å². The molecule has 142 valence electrons. The molecule has 2 N–H and O–H groups in total. The number of rotatable bonds is 8. The fourth-order valence-corrected chi connectivity index (χ4v) is 2.82. The number of nitrogens with zero attached hydrogens (tertiary/aromatic N) is 1. The molecule has 0 aromatic heterocycles. The van der Waals surface area contributed by atoms with Crippen molar-refractivity contribution in [1.29, 1.82) is 0 Å². The second-order valence-corrected chi connectivity index (χ2v) is 6.44. The van der Waals surface area contributed by atoms with Crippen LogP contribution in [0.5, 0.6) is 5.75 Å². The number of hydrogen-bond acceptors (Lipinski definition) is 4. The van der Waals surface area contributed by atoms with E-state index in [0.29, 0.717) is 19.6 Å². The van der Waals surface area contributed by atoms with Gasteiger partial charge in [0.25, 0.3) is 0 Å². The maximum absolute atomic E-state index is 12.3. The number of hydrogen-bond donors (Lipinski definition) is 1. The van der Waals surface area contributed by atoms with Gasteiger partial charge in [-0.25, -0.2) is 0 Å². The molecule has 5 nitrogen and oxygen atoms in total. The monoisotopic (exact) mass is 370 g/mol. The van der Waals surface area contributed by atoms with Crippen molar-refractivity contribution in [1.82, 2.24) is 4.90 Å². The molecule has 1 saturated heterocycles. The molecule has 1 fully saturated rings.